The molecule has 5 heteroatoms. The first-order valence-corrected chi connectivity index (χ1v) is 8.22. The molecule has 1 saturated carbocycles. The van der Waals surface area contributed by atoms with Gasteiger partial charge in [0.2, 0.25) is 0 Å². The quantitative estimate of drug-likeness (QED) is 0.802. The van der Waals surface area contributed by atoms with E-state index in [0.717, 1.165) is 29.7 Å². The summed E-state index contributed by atoms with van der Waals surface area (Å²) < 4.78 is 18.6. The zero-order valence-corrected chi connectivity index (χ0v) is 14.5. The molecule has 0 bridgehead atoms. The summed E-state index contributed by atoms with van der Waals surface area (Å²) in [4.78, 5) is 4.53. The molecule has 0 radical (unpaired) electrons. The van der Waals surface area contributed by atoms with Crippen molar-refractivity contribution in [1.82, 2.24) is 4.98 Å². The Morgan fingerprint density at radius 2 is 1.77 bits per heavy atom. The van der Waals surface area contributed by atoms with Crippen LogP contribution in [0.5, 0.6) is 5.75 Å². The van der Waals surface area contributed by atoms with Gasteiger partial charge in [-0.15, -0.1) is 0 Å². The zero-order chi connectivity index (χ0) is 16.1. The van der Waals surface area contributed by atoms with Gasteiger partial charge in [0.05, 0.1) is 23.0 Å². The van der Waals surface area contributed by atoms with Crippen LogP contribution in [0.25, 0.3) is 0 Å². The lowest BCUT2D eigenvalue weighted by atomic mass is 9.77. The van der Waals surface area contributed by atoms with Crippen LogP contribution in [0.4, 0.5) is 0 Å². The Kier molecular flexibility index (Phi) is 3.77. The monoisotopic (exact) mass is 303 g/mol. The van der Waals surface area contributed by atoms with E-state index in [9.17, 15) is 0 Å². The maximum atomic E-state index is 6.20. The van der Waals surface area contributed by atoms with Crippen LogP contribution in [-0.2, 0) is 9.31 Å². The van der Waals surface area contributed by atoms with Gasteiger partial charge in [0.15, 0.2) is 0 Å². The maximum absolute atomic E-state index is 6.20. The summed E-state index contributed by atoms with van der Waals surface area (Å²) in [7, 11) is -0.403. The van der Waals surface area contributed by atoms with Crippen molar-refractivity contribution in [2.24, 2.45) is 0 Å². The molecule has 120 valence electrons. The topological polar surface area (TPSA) is 40.6 Å². The fourth-order valence-corrected chi connectivity index (χ4v) is 2.53. The second-order valence-electron chi connectivity index (χ2n) is 7.67. The smallest absolute Gasteiger partial charge is 0.489 e. The Bertz CT molecular complexity index is 551. The minimum atomic E-state index is -0.403. The predicted octanol–water partition coefficient (Wildman–Crippen LogP) is 3.05. The van der Waals surface area contributed by atoms with Crippen LogP contribution in [0, 0.1) is 0 Å². The van der Waals surface area contributed by atoms with Crippen molar-refractivity contribution in [1.29, 1.82) is 0 Å². The van der Waals surface area contributed by atoms with Crippen LogP contribution in [0.1, 0.15) is 66.0 Å². The molecule has 0 aromatic carbocycles. The summed E-state index contributed by atoms with van der Waals surface area (Å²) in [5, 5.41) is 0. The molecular formula is C17H26BNO3. The normalized spacial score (nSPS) is 23.1. The van der Waals surface area contributed by atoms with Gasteiger partial charge in [-0.05, 0) is 52.5 Å². The fourth-order valence-electron chi connectivity index (χ4n) is 2.53. The Morgan fingerprint density at radius 3 is 2.27 bits per heavy atom. The third-order valence-corrected chi connectivity index (χ3v) is 4.83. The molecule has 0 spiro atoms. The second-order valence-corrected chi connectivity index (χ2v) is 7.67. The number of hydrogen-bond acceptors (Lipinski definition) is 4. The largest absolute Gasteiger partial charge is 0.498 e. The molecule has 3 rings (SSSR count). The highest BCUT2D eigenvalue weighted by Gasteiger charge is 2.53. The standard InChI is InChI=1S/C17H26BNO3/c1-11(2)14-15(20-12-7-8-12)13(9-10-19-14)18-21-16(3,4)17(5,6)22-18/h9-12H,7-8H2,1-6H3. The van der Waals surface area contributed by atoms with E-state index >= 15 is 0 Å². The SMILES string of the molecule is CC(C)c1nccc(B2OC(C)(C)C(C)(C)O2)c1OC1CC1. The van der Waals surface area contributed by atoms with Crippen LogP contribution in [0.3, 0.4) is 0 Å². The summed E-state index contributed by atoms with van der Waals surface area (Å²) in [6.07, 6.45) is 4.39. The number of nitrogens with zero attached hydrogens (tertiary/aromatic N) is 1. The van der Waals surface area contributed by atoms with Gasteiger partial charge in [0.25, 0.3) is 0 Å². The molecule has 22 heavy (non-hydrogen) atoms. The third-order valence-electron chi connectivity index (χ3n) is 4.83. The van der Waals surface area contributed by atoms with Gasteiger partial charge in [0.1, 0.15) is 5.75 Å². The van der Waals surface area contributed by atoms with Crippen LogP contribution in [0.15, 0.2) is 12.3 Å². The van der Waals surface area contributed by atoms with Gasteiger partial charge in [0, 0.05) is 11.7 Å². The number of hydrogen-bond donors (Lipinski definition) is 0. The molecule has 2 heterocycles. The van der Waals surface area contributed by atoms with E-state index in [1.165, 1.54) is 0 Å². The molecular weight excluding hydrogens is 277 g/mol. The van der Waals surface area contributed by atoms with Gasteiger partial charge in [-0.1, -0.05) is 13.8 Å². The Hall–Kier alpha value is -1.07. The van der Waals surface area contributed by atoms with Crippen molar-refractivity contribution in [3.8, 4) is 5.75 Å². The van der Waals surface area contributed by atoms with Crippen LogP contribution in [0.2, 0.25) is 0 Å². The maximum Gasteiger partial charge on any atom is 0.498 e. The van der Waals surface area contributed by atoms with E-state index < -0.39 is 7.12 Å². The summed E-state index contributed by atoms with van der Waals surface area (Å²) >= 11 is 0. The number of rotatable bonds is 4. The summed E-state index contributed by atoms with van der Waals surface area (Å²) in [5.74, 6) is 1.16. The van der Waals surface area contributed by atoms with Crippen molar-refractivity contribution in [3.05, 3.63) is 18.0 Å². The minimum Gasteiger partial charge on any atom is -0.489 e. The second kappa shape index (κ2) is 5.24. The van der Waals surface area contributed by atoms with Crippen LogP contribution in [-0.4, -0.2) is 29.4 Å². The molecule has 1 saturated heterocycles. The lowest BCUT2D eigenvalue weighted by Crippen LogP contribution is -2.41. The summed E-state index contributed by atoms with van der Waals surface area (Å²) in [5.41, 5.74) is 1.24. The van der Waals surface area contributed by atoms with E-state index in [1.54, 1.807) is 0 Å². The van der Waals surface area contributed by atoms with E-state index in [-0.39, 0.29) is 11.2 Å². The molecule has 1 aromatic heterocycles. The Morgan fingerprint density at radius 1 is 1.18 bits per heavy atom. The minimum absolute atomic E-state index is 0.302. The first-order chi connectivity index (χ1) is 10.2. The van der Waals surface area contributed by atoms with Gasteiger partial charge in [-0.3, -0.25) is 4.98 Å². The fraction of sp³-hybridized carbons (Fsp3) is 0.706. The highest BCUT2D eigenvalue weighted by Crippen LogP contribution is 2.38. The van der Waals surface area contributed by atoms with Crippen molar-refractivity contribution < 1.29 is 14.0 Å². The predicted molar refractivity (Wildman–Crippen MR) is 87.7 cm³/mol. The number of aromatic nitrogens is 1. The van der Waals surface area contributed by atoms with E-state index in [4.69, 9.17) is 14.0 Å². The van der Waals surface area contributed by atoms with E-state index in [2.05, 4.69) is 46.5 Å². The number of pyridine rings is 1. The molecule has 2 fully saturated rings. The van der Waals surface area contributed by atoms with Crippen LogP contribution >= 0.6 is 0 Å². The Labute approximate surface area is 133 Å². The first kappa shape index (κ1) is 15.8. The third kappa shape index (κ3) is 2.76. The molecule has 1 aliphatic heterocycles. The van der Waals surface area contributed by atoms with Gasteiger partial charge in [-0.2, -0.15) is 0 Å². The van der Waals surface area contributed by atoms with Crippen molar-refractivity contribution in [3.63, 3.8) is 0 Å². The first-order valence-electron chi connectivity index (χ1n) is 8.22. The van der Waals surface area contributed by atoms with Gasteiger partial charge in [-0.25, -0.2) is 0 Å². The van der Waals surface area contributed by atoms with E-state index in [0.29, 0.717) is 12.0 Å². The van der Waals surface area contributed by atoms with Crippen molar-refractivity contribution >= 4 is 12.6 Å². The molecule has 2 aliphatic rings. The molecule has 0 atom stereocenters. The Balaban J connectivity index is 1.98. The van der Waals surface area contributed by atoms with Crippen molar-refractivity contribution in [2.45, 2.75) is 77.6 Å². The summed E-state index contributed by atoms with van der Waals surface area (Å²) in [6.45, 7) is 12.5. The molecule has 0 N–H and O–H groups in total. The zero-order valence-electron chi connectivity index (χ0n) is 14.5. The summed E-state index contributed by atoms with van der Waals surface area (Å²) in [6, 6.07) is 1.96. The highest BCUT2D eigenvalue weighted by atomic mass is 16.7. The van der Waals surface area contributed by atoms with Gasteiger partial charge < -0.3 is 14.0 Å². The molecule has 4 nitrogen and oxygen atoms in total. The lowest BCUT2D eigenvalue weighted by molar-refractivity contribution is 0.00578. The van der Waals surface area contributed by atoms with Crippen molar-refractivity contribution in [2.75, 3.05) is 0 Å². The molecule has 1 aliphatic carbocycles. The highest BCUT2D eigenvalue weighted by molar-refractivity contribution is 6.63. The molecule has 0 unspecified atom stereocenters. The number of ether oxygens (including phenoxy) is 1. The molecule has 1 aromatic rings. The van der Waals surface area contributed by atoms with Crippen LogP contribution < -0.4 is 10.2 Å². The average Bonchev–Trinajstić information content (AvgIpc) is 3.17. The lowest BCUT2D eigenvalue weighted by Gasteiger charge is -2.32. The van der Waals surface area contributed by atoms with Gasteiger partial charge >= 0.3 is 7.12 Å². The average molecular weight is 303 g/mol. The molecule has 0 amide bonds. The van der Waals surface area contributed by atoms with E-state index in [1.807, 2.05) is 12.3 Å².